The van der Waals surface area contributed by atoms with Gasteiger partial charge in [0, 0.05) is 12.0 Å². The Kier molecular flexibility index (Phi) is 8.29. The molecule has 0 aliphatic carbocycles. The summed E-state index contributed by atoms with van der Waals surface area (Å²) < 4.78 is 96.3. The van der Waals surface area contributed by atoms with Crippen molar-refractivity contribution in [2.45, 2.75) is 45.1 Å². The fourth-order valence-corrected chi connectivity index (χ4v) is 3.92. The molecule has 0 atom stereocenters. The zero-order valence-electron chi connectivity index (χ0n) is 22.6. The number of oxazole rings is 1. The standard InChI is InChI=1S/C30H25F6NO5/c1-17-25(12-13-40-23-8-10-24(11-9-23)42-28(2,3)27(38)39)37-26(41-17)19-6-4-18(5-7-19)20-14-21(29(31,32)33)16-22(15-20)30(34,35)36/h4-11,14-16H,12-13H2,1-3H3,(H,38,39). The van der Waals surface area contributed by atoms with Crippen molar-refractivity contribution in [3.63, 3.8) is 0 Å². The number of aromatic nitrogens is 1. The number of hydrogen-bond acceptors (Lipinski definition) is 5. The molecule has 42 heavy (non-hydrogen) atoms. The van der Waals surface area contributed by atoms with Gasteiger partial charge in [-0.05, 0) is 86.5 Å². The van der Waals surface area contributed by atoms with Gasteiger partial charge in [-0.1, -0.05) is 12.1 Å². The number of benzene rings is 3. The van der Waals surface area contributed by atoms with Crippen LogP contribution in [0.1, 0.15) is 36.4 Å². The summed E-state index contributed by atoms with van der Waals surface area (Å²) in [7, 11) is 0. The van der Waals surface area contributed by atoms with Gasteiger partial charge in [-0.3, -0.25) is 0 Å². The van der Waals surface area contributed by atoms with Gasteiger partial charge in [-0.15, -0.1) is 0 Å². The largest absolute Gasteiger partial charge is 0.493 e. The Morgan fingerprint density at radius 1 is 0.810 bits per heavy atom. The third-order valence-corrected chi connectivity index (χ3v) is 6.26. The molecule has 1 N–H and O–H groups in total. The molecule has 12 heteroatoms. The Morgan fingerprint density at radius 3 is 1.86 bits per heavy atom. The van der Waals surface area contributed by atoms with E-state index in [9.17, 15) is 36.2 Å². The molecule has 6 nitrogen and oxygen atoms in total. The van der Waals surface area contributed by atoms with Crippen LogP contribution in [0.2, 0.25) is 0 Å². The number of halogens is 6. The van der Waals surface area contributed by atoms with Gasteiger partial charge >= 0.3 is 18.3 Å². The van der Waals surface area contributed by atoms with Crippen LogP contribution in [0.25, 0.3) is 22.6 Å². The van der Waals surface area contributed by atoms with Gasteiger partial charge in [-0.2, -0.15) is 26.3 Å². The third kappa shape index (κ3) is 7.23. The summed E-state index contributed by atoms with van der Waals surface area (Å²) in [4.78, 5) is 15.7. The summed E-state index contributed by atoms with van der Waals surface area (Å²) in [5.74, 6) is 0.542. The maximum absolute atomic E-state index is 13.2. The highest BCUT2D eigenvalue weighted by Crippen LogP contribution is 2.39. The predicted molar refractivity (Wildman–Crippen MR) is 140 cm³/mol. The lowest BCUT2D eigenvalue weighted by molar-refractivity contribution is -0.152. The van der Waals surface area contributed by atoms with Crippen molar-refractivity contribution < 1.29 is 50.1 Å². The zero-order chi connectivity index (χ0) is 30.9. The highest BCUT2D eigenvalue weighted by Gasteiger charge is 2.37. The summed E-state index contributed by atoms with van der Waals surface area (Å²) >= 11 is 0. The highest BCUT2D eigenvalue weighted by molar-refractivity contribution is 5.76. The van der Waals surface area contributed by atoms with E-state index in [1.807, 2.05) is 0 Å². The van der Waals surface area contributed by atoms with Gasteiger partial charge in [0.25, 0.3) is 0 Å². The van der Waals surface area contributed by atoms with Crippen LogP contribution in [0.3, 0.4) is 0 Å². The van der Waals surface area contributed by atoms with Gasteiger partial charge in [0.05, 0.1) is 23.4 Å². The molecular formula is C30H25F6NO5. The average Bonchev–Trinajstić information content (AvgIpc) is 3.28. The Hall–Kier alpha value is -4.48. The minimum Gasteiger partial charge on any atom is -0.493 e. The van der Waals surface area contributed by atoms with Crippen molar-refractivity contribution >= 4 is 5.97 Å². The number of aliphatic carboxylic acids is 1. The average molecular weight is 594 g/mol. The maximum atomic E-state index is 13.2. The molecule has 0 amide bonds. The third-order valence-electron chi connectivity index (χ3n) is 6.26. The van der Waals surface area contributed by atoms with Gasteiger partial charge in [-0.25, -0.2) is 9.78 Å². The van der Waals surface area contributed by atoms with Crippen LogP contribution >= 0.6 is 0 Å². The monoisotopic (exact) mass is 593 g/mol. The molecule has 0 saturated carbocycles. The number of hydrogen-bond donors (Lipinski definition) is 1. The molecule has 4 aromatic rings. The first-order valence-electron chi connectivity index (χ1n) is 12.5. The number of carboxylic acids is 1. The molecule has 0 radical (unpaired) electrons. The number of aryl methyl sites for hydroxylation is 1. The molecule has 0 spiro atoms. The van der Waals surface area contributed by atoms with Gasteiger partial charge in [0.2, 0.25) is 5.89 Å². The minimum absolute atomic E-state index is 0.0885. The van der Waals surface area contributed by atoms with Crippen molar-refractivity contribution in [2.75, 3.05) is 6.61 Å². The fraction of sp³-hybridized carbons (Fsp3) is 0.267. The summed E-state index contributed by atoms with van der Waals surface area (Å²) in [5.41, 5.74) is -3.15. The van der Waals surface area contributed by atoms with Crippen LogP contribution in [-0.4, -0.2) is 28.3 Å². The van der Waals surface area contributed by atoms with Crippen LogP contribution < -0.4 is 9.47 Å². The molecule has 0 aliphatic heterocycles. The summed E-state index contributed by atoms with van der Waals surface area (Å²) in [6.45, 7) is 4.82. The molecule has 1 aromatic heterocycles. The quantitative estimate of drug-likeness (QED) is 0.197. The van der Waals surface area contributed by atoms with Gasteiger partial charge in [0.1, 0.15) is 17.3 Å². The van der Waals surface area contributed by atoms with E-state index in [-0.39, 0.29) is 29.7 Å². The zero-order valence-corrected chi connectivity index (χ0v) is 22.6. The molecule has 3 aromatic carbocycles. The first kappa shape index (κ1) is 30.5. The van der Waals surface area contributed by atoms with Crippen LogP contribution in [0.15, 0.2) is 71.1 Å². The number of ether oxygens (including phenoxy) is 2. The van der Waals surface area contributed by atoms with Crippen molar-refractivity contribution in [2.24, 2.45) is 0 Å². The normalized spacial score (nSPS) is 12.3. The first-order chi connectivity index (χ1) is 19.5. The molecule has 0 fully saturated rings. The second-order valence-electron chi connectivity index (χ2n) is 9.88. The minimum atomic E-state index is -4.94. The molecular weight excluding hydrogens is 568 g/mol. The maximum Gasteiger partial charge on any atom is 0.416 e. The lowest BCUT2D eigenvalue weighted by Gasteiger charge is -2.21. The van der Waals surface area contributed by atoms with E-state index in [4.69, 9.17) is 13.9 Å². The summed E-state index contributed by atoms with van der Waals surface area (Å²) in [5, 5.41) is 9.17. The topological polar surface area (TPSA) is 81.8 Å². The number of alkyl halides is 6. The Balaban J connectivity index is 1.43. The van der Waals surface area contributed by atoms with Crippen LogP contribution in [0.4, 0.5) is 26.3 Å². The van der Waals surface area contributed by atoms with E-state index < -0.39 is 35.0 Å². The van der Waals surface area contributed by atoms with Gasteiger partial charge < -0.3 is 19.0 Å². The highest BCUT2D eigenvalue weighted by atomic mass is 19.4. The molecule has 0 aliphatic rings. The summed E-state index contributed by atoms with van der Waals surface area (Å²) in [6, 6.07) is 13.7. The fourth-order valence-electron chi connectivity index (χ4n) is 3.92. The second-order valence-corrected chi connectivity index (χ2v) is 9.88. The molecule has 0 unspecified atom stereocenters. The molecule has 222 valence electrons. The van der Waals surface area contributed by atoms with E-state index in [2.05, 4.69) is 4.98 Å². The molecule has 1 heterocycles. The lowest BCUT2D eigenvalue weighted by atomic mass is 9.98. The number of rotatable bonds is 9. The SMILES string of the molecule is Cc1oc(-c2ccc(-c3cc(C(F)(F)F)cc(C(F)(F)F)c3)cc2)nc1CCOc1ccc(OC(C)(C)C(=O)O)cc1. The predicted octanol–water partition coefficient (Wildman–Crippen LogP) is 8.22. The number of carboxylic acid groups (broad SMARTS) is 1. The Morgan fingerprint density at radius 2 is 1.33 bits per heavy atom. The van der Waals surface area contributed by atoms with E-state index in [1.54, 1.807) is 31.2 Å². The van der Waals surface area contributed by atoms with Crippen molar-refractivity contribution in [1.29, 1.82) is 0 Å². The van der Waals surface area contributed by atoms with Crippen LogP contribution in [-0.2, 0) is 23.6 Å². The second kappa shape index (κ2) is 11.4. The van der Waals surface area contributed by atoms with E-state index in [0.29, 0.717) is 47.1 Å². The van der Waals surface area contributed by atoms with Crippen LogP contribution in [0, 0.1) is 6.92 Å². The molecule has 0 bridgehead atoms. The van der Waals surface area contributed by atoms with Gasteiger partial charge in [0.15, 0.2) is 5.60 Å². The van der Waals surface area contributed by atoms with Crippen molar-refractivity contribution in [3.05, 3.63) is 89.3 Å². The smallest absolute Gasteiger partial charge is 0.416 e. The number of carbonyl (C=O) groups is 1. The number of nitrogens with zero attached hydrogens (tertiary/aromatic N) is 1. The van der Waals surface area contributed by atoms with E-state index in [0.717, 1.165) is 0 Å². The molecule has 4 rings (SSSR count). The van der Waals surface area contributed by atoms with E-state index >= 15 is 0 Å². The Labute approximate surface area is 236 Å². The van der Waals surface area contributed by atoms with Crippen molar-refractivity contribution in [1.82, 2.24) is 4.98 Å². The van der Waals surface area contributed by atoms with E-state index in [1.165, 1.54) is 38.1 Å². The van der Waals surface area contributed by atoms with Crippen molar-refractivity contribution in [3.8, 4) is 34.1 Å². The lowest BCUT2D eigenvalue weighted by Crippen LogP contribution is -2.37. The van der Waals surface area contributed by atoms with Crippen LogP contribution in [0.5, 0.6) is 11.5 Å². The summed E-state index contributed by atoms with van der Waals surface area (Å²) in [6.07, 6.45) is -9.51. The first-order valence-corrected chi connectivity index (χ1v) is 12.5. The molecule has 0 saturated heterocycles. The Bertz CT molecular complexity index is 1520.